The lowest BCUT2D eigenvalue weighted by Gasteiger charge is -2.43. The number of rotatable bonds is 6. The normalized spacial score (nSPS) is 23.9. The maximum atomic E-state index is 12.4. The summed E-state index contributed by atoms with van der Waals surface area (Å²) in [6.45, 7) is 8.10. The van der Waals surface area contributed by atoms with Crippen molar-refractivity contribution in [3.8, 4) is 0 Å². The highest BCUT2D eigenvalue weighted by Gasteiger charge is 2.58. The van der Waals surface area contributed by atoms with Crippen LogP contribution in [0.3, 0.4) is 0 Å². The van der Waals surface area contributed by atoms with Crippen LogP contribution in [-0.4, -0.2) is 51.9 Å². The Balaban J connectivity index is 2.04. The number of esters is 2. The number of aliphatic hydroxyl groups excluding tert-OH is 1. The van der Waals surface area contributed by atoms with Gasteiger partial charge < -0.3 is 14.6 Å². The van der Waals surface area contributed by atoms with Crippen LogP contribution in [-0.2, 0) is 23.9 Å². The zero-order valence-electron chi connectivity index (χ0n) is 14.9. The number of aliphatic hydroxyl groups is 1. The molecule has 0 bridgehead atoms. The number of ether oxygens (including phenoxy) is 2. The van der Waals surface area contributed by atoms with Crippen LogP contribution in [0.5, 0.6) is 0 Å². The molecule has 1 fully saturated rings. The maximum Gasteiger partial charge on any atom is 0.359 e. The van der Waals surface area contributed by atoms with Gasteiger partial charge in [-0.25, -0.2) is 4.79 Å². The highest BCUT2D eigenvalue weighted by atomic mass is 32.2. The summed E-state index contributed by atoms with van der Waals surface area (Å²) in [6, 6.07) is 0. The predicted octanol–water partition coefficient (Wildman–Crippen LogP) is 1.91. The van der Waals surface area contributed by atoms with Gasteiger partial charge in [-0.2, -0.15) is 0 Å². The summed E-state index contributed by atoms with van der Waals surface area (Å²) in [7, 11) is 0. The molecule has 25 heavy (non-hydrogen) atoms. The first-order chi connectivity index (χ1) is 11.6. The highest BCUT2D eigenvalue weighted by molar-refractivity contribution is 8.22. The van der Waals surface area contributed by atoms with Crippen LogP contribution in [0.1, 0.15) is 34.6 Å². The molecule has 0 aromatic heterocycles. The van der Waals surface area contributed by atoms with E-state index >= 15 is 0 Å². The monoisotopic (exact) mass is 389 g/mol. The van der Waals surface area contributed by atoms with Crippen LogP contribution >= 0.6 is 23.5 Å². The number of nitrogens with zero attached hydrogens (tertiary/aromatic N) is 1. The van der Waals surface area contributed by atoms with Gasteiger partial charge in [-0.15, -0.1) is 11.8 Å². The summed E-state index contributed by atoms with van der Waals surface area (Å²) in [5.41, 5.74) is -0.517. The summed E-state index contributed by atoms with van der Waals surface area (Å²) in [5, 5.41) is 9.46. The number of hydrogen-bond donors (Lipinski definition) is 1. The topological polar surface area (TPSA) is 93.1 Å². The molecule has 7 nitrogen and oxygen atoms in total. The van der Waals surface area contributed by atoms with E-state index in [1.807, 2.05) is 6.92 Å². The van der Waals surface area contributed by atoms with Gasteiger partial charge in [-0.05, 0) is 33.4 Å². The van der Waals surface area contributed by atoms with Crippen molar-refractivity contribution in [2.45, 2.75) is 46.1 Å². The van der Waals surface area contributed by atoms with Crippen LogP contribution in [0.2, 0.25) is 0 Å². The quantitative estimate of drug-likeness (QED) is 0.418. The fraction of sp³-hybridized carbons (Fsp3) is 0.688. The van der Waals surface area contributed by atoms with Gasteiger partial charge in [0.1, 0.15) is 5.37 Å². The molecule has 0 spiro atoms. The second-order valence-corrected chi connectivity index (χ2v) is 9.44. The van der Waals surface area contributed by atoms with Gasteiger partial charge in [-0.1, -0.05) is 18.7 Å². The molecule has 1 saturated heterocycles. The van der Waals surface area contributed by atoms with Crippen LogP contribution in [0.15, 0.2) is 9.93 Å². The third-order valence-electron chi connectivity index (χ3n) is 3.73. The molecule has 9 heteroatoms. The van der Waals surface area contributed by atoms with E-state index in [4.69, 9.17) is 9.47 Å². The maximum absolute atomic E-state index is 12.4. The average molecular weight is 389 g/mol. The Morgan fingerprint density at radius 2 is 2.00 bits per heavy atom. The van der Waals surface area contributed by atoms with Gasteiger partial charge in [0.25, 0.3) is 0 Å². The number of hydrogen-bond acceptors (Lipinski definition) is 8. The fourth-order valence-electron chi connectivity index (χ4n) is 2.39. The number of fused-ring (bicyclic) bond motifs is 1. The Hall–Kier alpha value is -1.19. The SMILES string of the molecule is CCSC1=C(C(=O)OCOC(=O)C(C)(C)C)N2C(=O)[C@@H](C(C)O)[C@H]2S1. The smallest absolute Gasteiger partial charge is 0.359 e. The lowest BCUT2D eigenvalue weighted by molar-refractivity contribution is -0.174. The third kappa shape index (κ3) is 3.98. The summed E-state index contributed by atoms with van der Waals surface area (Å²) in [6.07, 6.45) is -0.780. The molecule has 140 valence electrons. The predicted molar refractivity (Wildman–Crippen MR) is 95.1 cm³/mol. The summed E-state index contributed by atoms with van der Waals surface area (Å²) in [5.74, 6) is -1.28. The number of carbonyl (C=O) groups excluding carboxylic acids is 3. The van der Waals surface area contributed by atoms with Crippen molar-refractivity contribution in [1.82, 2.24) is 4.90 Å². The zero-order valence-corrected chi connectivity index (χ0v) is 16.5. The van der Waals surface area contributed by atoms with E-state index in [0.29, 0.717) is 4.24 Å². The molecule has 2 heterocycles. The fourth-order valence-corrected chi connectivity index (χ4v) is 5.21. The van der Waals surface area contributed by atoms with Crippen LogP contribution in [0.25, 0.3) is 0 Å². The van der Waals surface area contributed by atoms with E-state index in [9.17, 15) is 19.5 Å². The summed E-state index contributed by atoms with van der Waals surface area (Å²) >= 11 is 2.83. The van der Waals surface area contributed by atoms with Crippen LogP contribution in [0.4, 0.5) is 0 Å². The molecule has 1 N–H and O–H groups in total. The molecule has 0 radical (unpaired) electrons. The van der Waals surface area contributed by atoms with E-state index in [-0.39, 0.29) is 17.0 Å². The van der Waals surface area contributed by atoms with Gasteiger partial charge in [-0.3, -0.25) is 14.5 Å². The first-order valence-electron chi connectivity index (χ1n) is 7.98. The Morgan fingerprint density at radius 3 is 2.52 bits per heavy atom. The summed E-state index contributed by atoms with van der Waals surface area (Å²) < 4.78 is 10.7. The van der Waals surface area contributed by atoms with Gasteiger partial charge in [0.2, 0.25) is 12.7 Å². The Morgan fingerprint density at radius 1 is 1.36 bits per heavy atom. The molecule has 0 aromatic carbocycles. The molecule has 1 amide bonds. The van der Waals surface area contributed by atoms with Crippen molar-refractivity contribution in [2.24, 2.45) is 11.3 Å². The van der Waals surface area contributed by atoms with Gasteiger partial charge in [0, 0.05) is 0 Å². The van der Waals surface area contributed by atoms with Gasteiger partial charge in [0.15, 0.2) is 5.70 Å². The van der Waals surface area contributed by atoms with Crippen molar-refractivity contribution in [3.05, 3.63) is 9.93 Å². The second kappa shape index (κ2) is 7.59. The second-order valence-electron chi connectivity index (χ2n) is 6.78. The Labute approximate surface area is 155 Å². The Kier molecular flexibility index (Phi) is 6.11. The molecule has 0 saturated carbocycles. The number of β-lactam (4-membered cyclic amide) rings is 1. The minimum atomic E-state index is -0.780. The molecule has 0 aliphatic carbocycles. The molecule has 3 atom stereocenters. The van der Waals surface area contributed by atoms with Gasteiger partial charge in [0.05, 0.1) is 21.7 Å². The largest absolute Gasteiger partial charge is 0.427 e. The molecule has 2 aliphatic heterocycles. The molecule has 2 rings (SSSR count). The van der Waals surface area contributed by atoms with E-state index in [2.05, 4.69) is 0 Å². The van der Waals surface area contributed by atoms with E-state index in [1.165, 1.54) is 28.4 Å². The zero-order chi connectivity index (χ0) is 18.9. The van der Waals surface area contributed by atoms with E-state index in [1.54, 1.807) is 27.7 Å². The lowest BCUT2D eigenvalue weighted by atomic mass is 9.92. The van der Waals surface area contributed by atoms with Crippen molar-refractivity contribution >= 4 is 41.4 Å². The van der Waals surface area contributed by atoms with Crippen LogP contribution in [0, 0.1) is 11.3 Å². The lowest BCUT2D eigenvalue weighted by Crippen LogP contribution is -2.60. The minimum absolute atomic E-state index is 0.176. The molecule has 1 unspecified atom stereocenters. The molecule has 2 aliphatic rings. The van der Waals surface area contributed by atoms with E-state index in [0.717, 1.165) is 5.75 Å². The van der Waals surface area contributed by atoms with Crippen molar-refractivity contribution in [3.63, 3.8) is 0 Å². The van der Waals surface area contributed by atoms with Crippen molar-refractivity contribution < 1.29 is 29.0 Å². The number of thioether (sulfide) groups is 2. The number of carbonyl (C=O) groups is 3. The first kappa shape index (κ1) is 20.1. The highest BCUT2D eigenvalue weighted by Crippen LogP contribution is 2.53. The molecular weight excluding hydrogens is 366 g/mol. The standard InChI is InChI=1S/C16H23NO6S2/c1-6-24-14-10(13(20)22-7-23-15(21)16(3,4)5)17-11(19)9(8(2)18)12(17)25-14/h8-9,12,18H,6-7H2,1-5H3/t8?,9-,12-/m1/s1. The van der Waals surface area contributed by atoms with Crippen molar-refractivity contribution in [2.75, 3.05) is 12.5 Å². The number of amides is 1. The van der Waals surface area contributed by atoms with Crippen LogP contribution < -0.4 is 0 Å². The first-order valence-corrected chi connectivity index (χ1v) is 9.85. The third-order valence-corrected chi connectivity index (χ3v) is 6.27. The van der Waals surface area contributed by atoms with Gasteiger partial charge >= 0.3 is 11.9 Å². The minimum Gasteiger partial charge on any atom is -0.427 e. The van der Waals surface area contributed by atoms with Crippen molar-refractivity contribution in [1.29, 1.82) is 0 Å². The Bertz CT molecular complexity index is 610. The molecular formula is C16H23NO6S2. The summed E-state index contributed by atoms with van der Waals surface area (Å²) in [4.78, 5) is 37.8. The van der Waals surface area contributed by atoms with E-state index < -0.39 is 36.2 Å². The average Bonchev–Trinajstić information content (AvgIpc) is 2.80. The molecule has 0 aromatic rings.